The number of hydrogen-bond acceptors (Lipinski definition) is 2. The lowest BCUT2D eigenvalue weighted by Crippen LogP contribution is -2.46. The van der Waals surface area contributed by atoms with Crippen LogP contribution in [-0.4, -0.2) is 24.5 Å². The number of hydrogen-bond donors (Lipinski definition) is 2. The molecule has 1 amide bonds. The van der Waals surface area contributed by atoms with Gasteiger partial charge in [-0.25, -0.2) is 0 Å². The quantitative estimate of drug-likeness (QED) is 0.744. The molecular weight excluding hydrogens is 188 g/mol. The maximum atomic E-state index is 11.5. The second-order valence-corrected chi connectivity index (χ2v) is 5.39. The van der Waals surface area contributed by atoms with Gasteiger partial charge in [0.2, 0.25) is 5.91 Å². The van der Waals surface area contributed by atoms with Gasteiger partial charge in [0, 0.05) is 12.6 Å². The van der Waals surface area contributed by atoms with E-state index in [0.29, 0.717) is 18.0 Å². The van der Waals surface area contributed by atoms with Crippen molar-refractivity contribution < 1.29 is 4.79 Å². The molecule has 1 aliphatic rings. The highest BCUT2D eigenvalue weighted by Crippen LogP contribution is 2.36. The Labute approximate surface area is 93.0 Å². The molecule has 0 aromatic heterocycles. The number of rotatable bonds is 4. The Morgan fingerprint density at radius 1 is 1.53 bits per heavy atom. The Kier molecular flexibility index (Phi) is 4.14. The lowest BCUT2D eigenvalue weighted by atomic mass is 9.92. The SMILES string of the molecule is CCNC(=O)C(C)NC1CCC(C)(C)C1. The minimum Gasteiger partial charge on any atom is -0.355 e. The molecule has 15 heavy (non-hydrogen) atoms. The molecule has 2 N–H and O–H groups in total. The van der Waals surface area contributed by atoms with Crippen LogP contribution in [0.25, 0.3) is 0 Å². The van der Waals surface area contributed by atoms with E-state index in [1.807, 2.05) is 13.8 Å². The molecule has 0 aromatic rings. The molecule has 2 unspecified atom stereocenters. The van der Waals surface area contributed by atoms with Crippen LogP contribution in [0.15, 0.2) is 0 Å². The molecule has 0 bridgehead atoms. The summed E-state index contributed by atoms with van der Waals surface area (Å²) < 4.78 is 0. The lowest BCUT2D eigenvalue weighted by Gasteiger charge is -2.21. The average Bonchev–Trinajstić information content (AvgIpc) is 2.46. The van der Waals surface area contributed by atoms with Crippen LogP contribution < -0.4 is 10.6 Å². The van der Waals surface area contributed by atoms with Crippen LogP contribution in [0, 0.1) is 5.41 Å². The van der Waals surface area contributed by atoms with Crippen LogP contribution in [-0.2, 0) is 4.79 Å². The number of nitrogens with one attached hydrogen (secondary N) is 2. The molecule has 0 radical (unpaired) electrons. The molecule has 2 atom stereocenters. The molecule has 0 aliphatic heterocycles. The summed E-state index contributed by atoms with van der Waals surface area (Å²) in [5, 5.41) is 6.25. The number of carbonyl (C=O) groups excluding carboxylic acids is 1. The molecule has 0 saturated heterocycles. The van der Waals surface area contributed by atoms with Crippen LogP contribution in [0.5, 0.6) is 0 Å². The second kappa shape index (κ2) is 4.97. The molecule has 0 spiro atoms. The molecule has 0 heterocycles. The van der Waals surface area contributed by atoms with Crippen LogP contribution in [0.2, 0.25) is 0 Å². The van der Waals surface area contributed by atoms with Crippen molar-refractivity contribution in [1.29, 1.82) is 0 Å². The summed E-state index contributed by atoms with van der Waals surface area (Å²) in [4.78, 5) is 11.5. The zero-order chi connectivity index (χ0) is 11.5. The highest BCUT2D eigenvalue weighted by Gasteiger charge is 2.32. The third-order valence-corrected chi connectivity index (χ3v) is 3.20. The number of likely N-dealkylation sites (N-methyl/N-ethyl adjacent to an activating group) is 1. The van der Waals surface area contributed by atoms with Crippen molar-refractivity contribution in [2.45, 2.75) is 59.0 Å². The minimum absolute atomic E-state index is 0.0659. The Hall–Kier alpha value is -0.570. The van der Waals surface area contributed by atoms with Crippen LogP contribution >= 0.6 is 0 Å². The van der Waals surface area contributed by atoms with Gasteiger partial charge in [0.25, 0.3) is 0 Å². The van der Waals surface area contributed by atoms with E-state index in [0.717, 1.165) is 0 Å². The second-order valence-electron chi connectivity index (χ2n) is 5.39. The van der Waals surface area contributed by atoms with Gasteiger partial charge >= 0.3 is 0 Å². The Morgan fingerprint density at radius 2 is 2.20 bits per heavy atom. The van der Waals surface area contributed by atoms with E-state index < -0.39 is 0 Å². The van der Waals surface area contributed by atoms with Gasteiger partial charge in [-0.2, -0.15) is 0 Å². The van der Waals surface area contributed by atoms with Crippen LogP contribution in [0.4, 0.5) is 0 Å². The minimum atomic E-state index is -0.0659. The van der Waals surface area contributed by atoms with Crippen molar-refractivity contribution in [3.8, 4) is 0 Å². The summed E-state index contributed by atoms with van der Waals surface area (Å²) in [5.41, 5.74) is 0.443. The van der Waals surface area contributed by atoms with Crippen LogP contribution in [0.1, 0.15) is 47.0 Å². The normalized spacial score (nSPS) is 26.3. The Bertz CT molecular complexity index is 226. The topological polar surface area (TPSA) is 41.1 Å². The summed E-state index contributed by atoms with van der Waals surface area (Å²) in [6, 6.07) is 0.446. The molecule has 1 fully saturated rings. The zero-order valence-electron chi connectivity index (χ0n) is 10.4. The smallest absolute Gasteiger partial charge is 0.236 e. The van der Waals surface area contributed by atoms with E-state index in [4.69, 9.17) is 0 Å². The molecule has 1 rings (SSSR count). The molecule has 0 aromatic carbocycles. The van der Waals surface area contributed by atoms with E-state index in [1.165, 1.54) is 19.3 Å². The van der Waals surface area contributed by atoms with Gasteiger partial charge in [-0.3, -0.25) is 4.79 Å². The van der Waals surface area contributed by atoms with Crippen LogP contribution in [0.3, 0.4) is 0 Å². The van der Waals surface area contributed by atoms with Gasteiger partial charge in [-0.05, 0) is 38.5 Å². The highest BCUT2D eigenvalue weighted by atomic mass is 16.2. The van der Waals surface area contributed by atoms with Gasteiger partial charge in [0.1, 0.15) is 0 Å². The summed E-state index contributed by atoms with van der Waals surface area (Å²) >= 11 is 0. The van der Waals surface area contributed by atoms with E-state index in [-0.39, 0.29) is 11.9 Å². The standard InChI is InChI=1S/C12H24N2O/c1-5-13-11(15)9(2)14-10-6-7-12(3,4)8-10/h9-10,14H,5-8H2,1-4H3,(H,13,15). The molecule has 3 nitrogen and oxygen atoms in total. The monoisotopic (exact) mass is 212 g/mol. The van der Waals surface area contributed by atoms with Crippen molar-refractivity contribution in [1.82, 2.24) is 10.6 Å². The molecule has 3 heteroatoms. The van der Waals surface area contributed by atoms with E-state index in [1.54, 1.807) is 0 Å². The Morgan fingerprint density at radius 3 is 2.67 bits per heavy atom. The van der Waals surface area contributed by atoms with Gasteiger partial charge in [0.05, 0.1) is 6.04 Å². The summed E-state index contributed by atoms with van der Waals surface area (Å²) in [5.74, 6) is 0.113. The highest BCUT2D eigenvalue weighted by molar-refractivity contribution is 5.81. The predicted octanol–water partition coefficient (Wildman–Crippen LogP) is 1.68. The largest absolute Gasteiger partial charge is 0.355 e. The maximum Gasteiger partial charge on any atom is 0.236 e. The lowest BCUT2D eigenvalue weighted by molar-refractivity contribution is -0.122. The van der Waals surface area contributed by atoms with Crippen molar-refractivity contribution in [3.63, 3.8) is 0 Å². The third kappa shape index (κ3) is 3.82. The summed E-state index contributed by atoms with van der Waals surface area (Å²) in [6.07, 6.45) is 3.63. The first kappa shape index (κ1) is 12.5. The van der Waals surface area contributed by atoms with Crippen molar-refractivity contribution in [2.24, 2.45) is 5.41 Å². The summed E-state index contributed by atoms with van der Waals surface area (Å²) in [7, 11) is 0. The van der Waals surface area contributed by atoms with Gasteiger partial charge < -0.3 is 10.6 Å². The fourth-order valence-electron chi connectivity index (χ4n) is 2.33. The number of carbonyl (C=O) groups is 1. The molecular formula is C12H24N2O. The van der Waals surface area contributed by atoms with E-state index >= 15 is 0 Å². The first-order valence-corrected chi connectivity index (χ1v) is 5.98. The number of amides is 1. The average molecular weight is 212 g/mol. The molecule has 88 valence electrons. The molecule has 1 aliphatic carbocycles. The van der Waals surface area contributed by atoms with E-state index in [2.05, 4.69) is 24.5 Å². The van der Waals surface area contributed by atoms with Crippen molar-refractivity contribution in [2.75, 3.05) is 6.54 Å². The van der Waals surface area contributed by atoms with Crippen molar-refractivity contribution in [3.05, 3.63) is 0 Å². The maximum absolute atomic E-state index is 11.5. The van der Waals surface area contributed by atoms with Gasteiger partial charge in [-0.1, -0.05) is 13.8 Å². The first-order valence-electron chi connectivity index (χ1n) is 5.98. The first-order chi connectivity index (χ1) is 6.94. The fraction of sp³-hybridized carbons (Fsp3) is 0.917. The van der Waals surface area contributed by atoms with Crippen molar-refractivity contribution >= 4 is 5.91 Å². The van der Waals surface area contributed by atoms with Gasteiger partial charge in [-0.15, -0.1) is 0 Å². The van der Waals surface area contributed by atoms with Gasteiger partial charge in [0.15, 0.2) is 0 Å². The fourth-order valence-corrected chi connectivity index (χ4v) is 2.33. The summed E-state index contributed by atoms with van der Waals surface area (Å²) in [6.45, 7) is 9.19. The third-order valence-electron chi connectivity index (χ3n) is 3.20. The molecule has 1 saturated carbocycles. The Balaban J connectivity index is 2.33. The predicted molar refractivity (Wildman–Crippen MR) is 62.7 cm³/mol. The van der Waals surface area contributed by atoms with E-state index in [9.17, 15) is 4.79 Å². The zero-order valence-corrected chi connectivity index (χ0v) is 10.4.